The van der Waals surface area contributed by atoms with Crippen molar-refractivity contribution in [3.63, 3.8) is 0 Å². The van der Waals surface area contributed by atoms with E-state index in [4.69, 9.17) is 0 Å². The number of hydrogen-bond donors (Lipinski definition) is 2. The average Bonchev–Trinajstić information content (AvgIpc) is 2.27. The largest absolute Gasteiger partial charge is 0.506 e. The van der Waals surface area contributed by atoms with Crippen LogP contribution in [0.3, 0.4) is 0 Å². The molecule has 1 saturated heterocycles. The average molecular weight is 231 g/mol. The molecule has 2 heterocycles. The third-order valence-corrected chi connectivity index (χ3v) is 3.15. The second-order valence-corrected chi connectivity index (χ2v) is 4.40. The first-order chi connectivity index (χ1) is 8.25. The molecule has 1 aromatic heterocycles. The molecule has 5 nitrogen and oxygen atoms in total. The molecule has 1 fully saturated rings. The van der Waals surface area contributed by atoms with Crippen LogP contribution in [0.25, 0.3) is 10.9 Å². The molecular formula is C12H13N3O2. The smallest absolute Gasteiger partial charge is 0.261 e. The first kappa shape index (κ1) is 10.3. The van der Waals surface area contributed by atoms with Gasteiger partial charge in [-0.05, 0) is 12.1 Å². The molecule has 2 N–H and O–H groups in total. The van der Waals surface area contributed by atoms with Crippen molar-refractivity contribution in [1.29, 1.82) is 0 Å². The highest BCUT2D eigenvalue weighted by atomic mass is 16.3. The number of aromatic hydroxyl groups is 1. The summed E-state index contributed by atoms with van der Waals surface area (Å²) in [6.45, 7) is 2.58. The number of benzene rings is 1. The molecule has 0 bridgehead atoms. The lowest BCUT2D eigenvalue weighted by atomic mass is 10.0. The van der Waals surface area contributed by atoms with E-state index in [0.717, 1.165) is 13.1 Å². The third kappa shape index (κ3) is 1.68. The summed E-state index contributed by atoms with van der Waals surface area (Å²) in [6.07, 6.45) is 1.52. The highest BCUT2D eigenvalue weighted by molar-refractivity contribution is 5.82. The molecule has 0 amide bonds. The first-order valence-corrected chi connectivity index (χ1v) is 5.63. The molecule has 0 saturated carbocycles. The molecule has 0 unspecified atom stereocenters. The molecule has 0 aliphatic carbocycles. The van der Waals surface area contributed by atoms with Gasteiger partial charge in [-0.1, -0.05) is 6.07 Å². The van der Waals surface area contributed by atoms with Crippen LogP contribution < -0.4 is 10.9 Å². The number of aromatic nitrogens is 2. The highest BCUT2D eigenvalue weighted by Gasteiger charge is 2.18. The number of para-hydroxylation sites is 1. The van der Waals surface area contributed by atoms with Gasteiger partial charge in [-0.3, -0.25) is 9.36 Å². The van der Waals surface area contributed by atoms with Crippen LogP contribution in [-0.2, 0) is 6.54 Å². The maximum Gasteiger partial charge on any atom is 0.261 e. The first-order valence-electron chi connectivity index (χ1n) is 5.63. The van der Waals surface area contributed by atoms with Gasteiger partial charge in [0, 0.05) is 25.6 Å². The minimum atomic E-state index is -0.0854. The zero-order chi connectivity index (χ0) is 11.8. The molecule has 1 aliphatic heterocycles. The van der Waals surface area contributed by atoms with Gasteiger partial charge in [0.1, 0.15) is 11.3 Å². The Morgan fingerprint density at radius 1 is 1.47 bits per heavy atom. The number of hydrogen-bond acceptors (Lipinski definition) is 4. The number of nitrogens with zero attached hydrogens (tertiary/aromatic N) is 2. The summed E-state index contributed by atoms with van der Waals surface area (Å²) in [5.41, 5.74) is 0.290. The van der Waals surface area contributed by atoms with Crippen molar-refractivity contribution in [2.24, 2.45) is 5.92 Å². The Bertz CT molecular complexity index is 617. The van der Waals surface area contributed by atoms with Crippen molar-refractivity contribution < 1.29 is 5.11 Å². The molecule has 1 aromatic carbocycles. The zero-order valence-corrected chi connectivity index (χ0v) is 9.26. The maximum absolute atomic E-state index is 12.1. The van der Waals surface area contributed by atoms with Crippen LogP contribution in [-0.4, -0.2) is 27.7 Å². The Morgan fingerprint density at radius 2 is 2.29 bits per heavy atom. The monoisotopic (exact) mass is 231 g/mol. The summed E-state index contributed by atoms with van der Waals surface area (Å²) in [5.74, 6) is 0.557. The Morgan fingerprint density at radius 3 is 3.00 bits per heavy atom. The van der Waals surface area contributed by atoms with Crippen LogP contribution in [0.2, 0.25) is 0 Å². The molecule has 0 spiro atoms. The summed E-state index contributed by atoms with van der Waals surface area (Å²) >= 11 is 0. The van der Waals surface area contributed by atoms with Crippen molar-refractivity contribution >= 4 is 10.9 Å². The van der Waals surface area contributed by atoms with Gasteiger partial charge in [-0.25, -0.2) is 4.98 Å². The van der Waals surface area contributed by atoms with E-state index in [1.54, 1.807) is 16.7 Å². The predicted octanol–water partition coefficient (Wildman–Crippen LogP) is 0.321. The summed E-state index contributed by atoms with van der Waals surface area (Å²) in [6, 6.07) is 4.89. The van der Waals surface area contributed by atoms with Crippen molar-refractivity contribution in [3.05, 3.63) is 34.9 Å². The summed E-state index contributed by atoms with van der Waals surface area (Å²) in [4.78, 5) is 16.3. The fourth-order valence-corrected chi connectivity index (χ4v) is 2.06. The summed E-state index contributed by atoms with van der Waals surface area (Å²) < 4.78 is 1.62. The molecule has 0 atom stereocenters. The quantitative estimate of drug-likeness (QED) is 0.781. The van der Waals surface area contributed by atoms with Crippen LogP contribution in [0.1, 0.15) is 0 Å². The van der Waals surface area contributed by atoms with E-state index in [-0.39, 0.29) is 11.3 Å². The molecule has 88 valence electrons. The lowest BCUT2D eigenvalue weighted by Crippen LogP contribution is -2.45. The van der Waals surface area contributed by atoms with Crippen molar-refractivity contribution in [2.45, 2.75) is 6.54 Å². The summed E-state index contributed by atoms with van der Waals surface area (Å²) in [7, 11) is 0. The minimum absolute atomic E-state index is 0.0528. The fraction of sp³-hybridized carbons (Fsp3) is 0.333. The number of fused-ring (bicyclic) bond motifs is 1. The normalized spacial score (nSPS) is 16.0. The number of phenolic OH excluding ortho intramolecular Hbond substituents is 1. The zero-order valence-electron chi connectivity index (χ0n) is 9.26. The van der Waals surface area contributed by atoms with Crippen LogP contribution in [0.4, 0.5) is 0 Å². The van der Waals surface area contributed by atoms with Gasteiger partial charge in [-0.2, -0.15) is 0 Å². The molecule has 17 heavy (non-hydrogen) atoms. The van der Waals surface area contributed by atoms with E-state index >= 15 is 0 Å². The topological polar surface area (TPSA) is 67.1 Å². The Kier molecular flexibility index (Phi) is 2.33. The van der Waals surface area contributed by atoms with Gasteiger partial charge in [0.25, 0.3) is 5.56 Å². The van der Waals surface area contributed by atoms with Gasteiger partial charge >= 0.3 is 0 Å². The van der Waals surface area contributed by atoms with E-state index in [1.807, 2.05) is 0 Å². The fourth-order valence-electron chi connectivity index (χ4n) is 2.06. The highest BCUT2D eigenvalue weighted by Crippen LogP contribution is 2.18. The number of nitrogens with one attached hydrogen (secondary N) is 1. The lowest BCUT2D eigenvalue weighted by molar-refractivity contribution is 0.303. The molecule has 0 radical (unpaired) electrons. The maximum atomic E-state index is 12.1. The van der Waals surface area contributed by atoms with E-state index < -0.39 is 0 Å². The van der Waals surface area contributed by atoms with Gasteiger partial charge in [-0.15, -0.1) is 0 Å². The minimum Gasteiger partial charge on any atom is -0.506 e. The van der Waals surface area contributed by atoms with E-state index in [1.165, 1.54) is 12.4 Å². The van der Waals surface area contributed by atoms with Crippen LogP contribution in [0.5, 0.6) is 5.75 Å². The molecule has 3 rings (SSSR count). The summed E-state index contributed by atoms with van der Waals surface area (Å²) in [5, 5.41) is 13.2. The van der Waals surface area contributed by atoms with Crippen LogP contribution >= 0.6 is 0 Å². The van der Waals surface area contributed by atoms with Gasteiger partial charge in [0.2, 0.25) is 0 Å². The Labute approximate surface area is 97.7 Å². The Balaban J connectivity index is 2.09. The third-order valence-electron chi connectivity index (χ3n) is 3.15. The van der Waals surface area contributed by atoms with Crippen molar-refractivity contribution in [1.82, 2.24) is 14.9 Å². The Hall–Kier alpha value is -1.88. The lowest BCUT2D eigenvalue weighted by Gasteiger charge is -2.27. The van der Waals surface area contributed by atoms with E-state index in [0.29, 0.717) is 23.4 Å². The number of rotatable bonds is 2. The number of phenols is 1. The van der Waals surface area contributed by atoms with E-state index in [2.05, 4.69) is 10.3 Å². The van der Waals surface area contributed by atoms with Crippen LogP contribution in [0, 0.1) is 5.92 Å². The standard InChI is InChI=1S/C12H13N3O2/c16-10-3-1-2-9-11(10)14-7-15(12(9)17)6-8-4-13-5-8/h1-3,7-8,13,16H,4-6H2. The van der Waals surface area contributed by atoms with Crippen molar-refractivity contribution in [2.75, 3.05) is 13.1 Å². The molecule has 5 heteroatoms. The molecule has 2 aromatic rings. The second-order valence-electron chi connectivity index (χ2n) is 4.40. The van der Waals surface area contributed by atoms with Gasteiger partial charge in [0.05, 0.1) is 11.7 Å². The van der Waals surface area contributed by atoms with Gasteiger partial charge < -0.3 is 10.4 Å². The predicted molar refractivity (Wildman–Crippen MR) is 64.0 cm³/mol. The molecule has 1 aliphatic rings. The van der Waals surface area contributed by atoms with Crippen molar-refractivity contribution in [3.8, 4) is 5.75 Å². The van der Waals surface area contributed by atoms with Gasteiger partial charge in [0.15, 0.2) is 0 Å². The SMILES string of the molecule is O=c1c2cccc(O)c2ncn1CC1CNC1. The second kappa shape index (κ2) is 3.85. The van der Waals surface area contributed by atoms with E-state index in [9.17, 15) is 9.90 Å². The molecular weight excluding hydrogens is 218 g/mol. The van der Waals surface area contributed by atoms with Crippen LogP contribution in [0.15, 0.2) is 29.3 Å².